The Kier molecular flexibility index (Phi) is 12.6. The normalized spacial score (nSPS) is 12.3. The minimum Gasteiger partial charge on any atom is -0.480 e. The zero-order valence-electron chi connectivity index (χ0n) is 15.5. The molecule has 0 aliphatic rings. The summed E-state index contributed by atoms with van der Waals surface area (Å²) in [5.41, 5.74) is 0. The first-order valence-electron chi connectivity index (χ1n) is 8.33. The number of carboxylic acids is 5. The molecule has 0 bridgehead atoms. The Balaban J connectivity index is 5.26. The van der Waals surface area contributed by atoms with Gasteiger partial charge in [0, 0.05) is 31.4 Å². The Morgan fingerprint density at radius 2 is 0.966 bits per heavy atom. The van der Waals surface area contributed by atoms with E-state index in [9.17, 15) is 24.0 Å². The molecule has 0 aromatic heterocycles. The number of carboxylic acid groups (broad SMARTS) is 5. The minimum atomic E-state index is -1.27. The van der Waals surface area contributed by atoms with Crippen molar-refractivity contribution in [2.45, 2.75) is 6.04 Å². The van der Waals surface area contributed by atoms with Crippen LogP contribution < -0.4 is 0 Å². The van der Waals surface area contributed by atoms with Crippen molar-refractivity contribution in [3.63, 3.8) is 0 Å². The lowest BCUT2D eigenvalue weighted by atomic mass is 10.2. The van der Waals surface area contributed by atoms with E-state index in [1.807, 2.05) is 0 Å². The molecule has 1 atom stereocenters. The highest BCUT2D eigenvalue weighted by Gasteiger charge is 2.26. The van der Waals surface area contributed by atoms with Gasteiger partial charge in [0.05, 0.1) is 32.7 Å². The lowest BCUT2D eigenvalue weighted by molar-refractivity contribution is -0.144. The monoisotopic (exact) mass is 439 g/mol. The topological polar surface area (TPSA) is 196 Å². The van der Waals surface area contributed by atoms with Crippen LogP contribution in [0.1, 0.15) is 0 Å². The summed E-state index contributed by atoms with van der Waals surface area (Å²) in [6, 6.07) is -0.725. The van der Waals surface area contributed by atoms with Crippen LogP contribution in [0.5, 0.6) is 0 Å². The Hall–Kier alpha value is -2.42. The molecule has 1 unspecified atom stereocenters. The summed E-state index contributed by atoms with van der Waals surface area (Å²) < 4.78 is 0. The number of hydrogen-bond acceptors (Lipinski definition) is 9. The predicted octanol–water partition coefficient (Wildman–Crippen LogP) is -2.39. The van der Waals surface area contributed by atoms with E-state index < -0.39 is 68.6 Å². The van der Waals surface area contributed by atoms with Gasteiger partial charge in [-0.1, -0.05) is 0 Å². The molecule has 166 valence electrons. The minimum absolute atomic E-state index is 0.0324. The zero-order valence-corrected chi connectivity index (χ0v) is 16.4. The van der Waals surface area contributed by atoms with Crippen molar-refractivity contribution in [2.75, 3.05) is 58.1 Å². The van der Waals surface area contributed by atoms with Crippen LogP contribution in [0.4, 0.5) is 0 Å². The summed E-state index contributed by atoms with van der Waals surface area (Å²) >= 11 is 4.10. The number of aliphatic carboxylic acids is 5. The highest BCUT2D eigenvalue weighted by Crippen LogP contribution is 2.06. The van der Waals surface area contributed by atoms with Gasteiger partial charge in [0.15, 0.2) is 0 Å². The molecule has 0 amide bonds. The maximum atomic E-state index is 11.1. The standard InChI is InChI=1S/C15H25N3O10S/c19-11(20)4-16(1-2-17(5-12(21)22)6-13(23)24)3-10(9-29)18(7-14(25)26)8-15(27)28/h10,29H,1-9H2,(H,19,20)(H,21,22)(H,23,24)(H,25,26)(H,27,28). The molecule has 0 spiro atoms. The van der Waals surface area contributed by atoms with Crippen LogP contribution in [0.25, 0.3) is 0 Å². The highest BCUT2D eigenvalue weighted by atomic mass is 32.1. The Bertz CT molecular complexity index is 571. The summed E-state index contributed by atoms with van der Waals surface area (Å²) in [6.07, 6.45) is 0. The molecule has 0 fully saturated rings. The Labute approximate surface area is 171 Å². The largest absolute Gasteiger partial charge is 0.480 e. The van der Waals surface area contributed by atoms with Crippen molar-refractivity contribution in [2.24, 2.45) is 0 Å². The summed E-state index contributed by atoms with van der Waals surface area (Å²) in [5, 5.41) is 44.8. The Morgan fingerprint density at radius 1 is 0.621 bits per heavy atom. The molecule has 5 N–H and O–H groups in total. The molecule has 0 saturated carbocycles. The van der Waals surface area contributed by atoms with Gasteiger partial charge in [-0.3, -0.25) is 38.7 Å². The van der Waals surface area contributed by atoms with Crippen molar-refractivity contribution in [3.8, 4) is 0 Å². The third-order valence-corrected chi connectivity index (χ3v) is 4.10. The van der Waals surface area contributed by atoms with Crippen molar-refractivity contribution in [3.05, 3.63) is 0 Å². The van der Waals surface area contributed by atoms with E-state index in [0.717, 1.165) is 9.80 Å². The molecule has 0 aliphatic carbocycles. The van der Waals surface area contributed by atoms with Crippen molar-refractivity contribution in [1.82, 2.24) is 14.7 Å². The van der Waals surface area contributed by atoms with Crippen molar-refractivity contribution >= 4 is 42.5 Å². The fourth-order valence-electron chi connectivity index (χ4n) is 2.55. The first kappa shape index (κ1) is 26.6. The fourth-order valence-corrected chi connectivity index (χ4v) is 2.90. The van der Waals surface area contributed by atoms with Crippen LogP contribution in [0.3, 0.4) is 0 Å². The van der Waals surface area contributed by atoms with Crippen LogP contribution in [0, 0.1) is 0 Å². The van der Waals surface area contributed by atoms with Gasteiger partial charge in [-0.25, -0.2) is 0 Å². The molecule has 0 aromatic carbocycles. The number of thiol groups is 1. The van der Waals surface area contributed by atoms with E-state index in [4.69, 9.17) is 25.5 Å². The van der Waals surface area contributed by atoms with Crippen LogP contribution in [-0.2, 0) is 24.0 Å². The molecular weight excluding hydrogens is 414 g/mol. The molecule has 0 rings (SSSR count). The molecule has 0 heterocycles. The lowest BCUT2D eigenvalue weighted by Crippen LogP contribution is -2.51. The highest BCUT2D eigenvalue weighted by molar-refractivity contribution is 7.80. The maximum absolute atomic E-state index is 11.1. The van der Waals surface area contributed by atoms with Crippen molar-refractivity contribution < 1.29 is 49.5 Å². The number of hydrogen-bond donors (Lipinski definition) is 6. The van der Waals surface area contributed by atoms with E-state index in [1.165, 1.54) is 4.90 Å². The molecule has 13 nitrogen and oxygen atoms in total. The van der Waals surface area contributed by atoms with Crippen LogP contribution in [-0.4, -0.2) is 134 Å². The van der Waals surface area contributed by atoms with E-state index in [-0.39, 0.29) is 25.4 Å². The van der Waals surface area contributed by atoms with Gasteiger partial charge in [-0.2, -0.15) is 12.6 Å². The van der Waals surface area contributed by atoms with Crippen molar-refractivity contribution in [1.29, 1.82) is 0 Å². The van der Waals surface area contributed by atoms with Crippen LogP contribution in [0.15, 0.2) is 0 Å². The van der Waals surface area contributed by atoms with Crippen LogP contribution in [0.2, 0.25) is 0 Å². The second-order valence-electron chi connectivity index (χ2n) is 6.16. The first-order valence-corrected chi connectivity index (χ1v) is 8.96. The van der Waals surface area contributed by atoms with Gasteiger partial charge >= 0.3 is 29.8 Å². The second kappa shape index (κ2) is 13.7. The van der Waals surface area contributed by atoms with Gasteiger partial charge < -0.3 is 25.5 Å². The molecule has 0 aromatic rings. The Morgan fingerprint density at radius 3 is 1.31 bits per heavy atom. The van der Waals surface area contributed by atoms with Gasteiger partial charge in [-0.05, 0) is 0 Å². The third-order valence-electron chi connectivity index (χ3n) is 3.68. The molecule has 14 heteroatoms. The SMILES string of the molecule is O=C(O)CN(CCN(CC(=O)O)CC(CS)N(CC(=O)O)CC(=O)O)CC(=O)O. The van der Waals surface area contributed by atoms with E-state index in [2.05, 4.69) is 12.6 Å². The maximum Gasteiger partial charge on any atom is 0.317 e. The molecular formula is C15H25N3O10S. The van der Waals surface area contributed by atoms with E-state index >= 15 is 0 Å². The molecule has 0 saturated heterocycles. The fraction of sp³-hybridized carbons (Fsp3) is 0.667. The molecule has 0 radical (unpaired) electrons. The second-order valence-corrected chi connectivity index (χ2v) is 6.52. The average Bonchev–Trinajstić information content (AvgIpc) is 2.54. The van der Waals surface area contributed by atoms with Crippen LogP contribution >= 0.6 is 12.6 Å². The quantitative estimate of drug-likeness (QED) is 0.131. The number of rotatable bonds is 17. The van der Waals surface area contributed by atoms with Gasteiger partial charge in [0.25, 0.3) is 0 Å². The first-order chi connectivity index (χ1) is 13.4. The average molecular weight is 439 g/mol. The summed E-state index contributed by atoms with van der Waals surface area (Å²) in [5.74, 6) is -6.22. The summed E-state index contributed by atoms with van der Waals surface area (Å²) in [6.45, 7) is -2.99. The predicted molar refractivity (Wildman–Crippen MR) is 100 cm³/mol. The molecule has 0 aliphatic heterocycles. The van der Waals surface area contributed by atoms with Gasteiger partial charge in [0.1, 0.15) is 0 Å². The van der Waals surface area contributed by atoms with Gasteiger partial charge in [-0.15, -0.1) is 0 Å². The number of nitrogens with zero attached hydrogens (tertiary/aromatic N) is 3. The summed E-state index contributed by atoms with van der Waals surface area (Å²) in [7, 11) is 0. The number of carbonyl (C=O) groups is 5. The van der Waals surface area contributed by atoms with Gasteiger partial charge in [0.2, 0.25) is 0 Å². The molecule has 29 heavy (non-hydrogen) atoms. The van der Waals surface area contributed by atoms with E-state index in [1.54, 1.807) is 0 Å². The lowest BCUT2D eigenvalue weighted by Gasteiger charge is -2.33. The van der Waals surface area contributed by atoms with E-state index in [0.29, 0.717) is 0 Å². The smallest absolute Gasteiger partial charge is 0.317 e. The zero-order chi connectivity index (χ0) is 22.6. The third kappa shape index (κ3) is 13.4. The summed E-state index contributed by atoms with van der Waals surface area (Å²) in [4.78, 5) is 58.5.